The largest absolute Gasteiger partial charge is 0.348 e. The molecule has 1 fully saturated rings. The fourth-order valence-corrected chi connectivity index (χ4v) is 3.67. The summed E-state index contributed by atoms with van der Waals surface area (Å²) >= 11 is 11.2. The summed E-state index contributed by atoms with van der Waals surface area (Å²) in [7, 11) is 0. The Bertz CT molecular complexity index is 1200. The first kappa shape index (κ1) is 21.7. The van der Waals surface area contributed by atoms with Crippen molar-refractivity contribution < 1.29 is 9.59 Å². The predicted molar refractivity (Wildman–Crippen MR) is 131 cm³/mol. The zero-order chi connectivity index (χ0) is 22.7. The van der Waals surface area contributed by atoms with Gasteiger partial charge >= 0.3 is 0 Å². The van der Waals surface area contributed by atoms with Gasteiger partial charge < -0.3 is 10.6 Å². The van der Waals surface area contributed by atoms with Crippen LogP contribution in [0.3, 0.4) is 0 Å². The van der Waals surface area contributed by atoms with Crippen LogP contribution >= 0.6 is 23.8 Å². The number of amides is 2. The maximum absolute atomic E-state index is 12.9. The number of rotatable bonds is 5. The molecule has 1 saturated heterocycles. The molecule has 5 nitrogen and oxygen atoms in total. The second-order valence-corrected chi connectivity index (χ2v) is 8.22. The summed E-state index contributed by atoms with van der Waals surface area (Å²) in [5, 5.41) is 6.85. The van der Waals surface area contributed by atoms with Gasteiger partial charge in [0.25, 0.3) is 11.8 Å². The highest BCUT2D eigenvalue weighted by atomic mass is 35.5. The molecular weight excluding hydrogens is 442 g/mol. The number of carbonyl (C=O) groups is 2. The lowest BCUT2D eigenvalue weighted by molar-refractivity contribution is -0.113. The lowest BCUT2D eigenvalue weighted by atomic mass is 10.1. The van der Waals surface area contributed by atoms with Crippen molar-refractivity contribution in [1.82, 2.24) is 10.6 Å². The maximum atomic E-state index is 12.9. The summed E-state index contributed by atoms with van der Waals surface area (Å²) in [6.07, 6.45) is 1.72. The molecule has 2 N–H and O–H groups in total. The SMILES string of the molecule is Cc1ccc(N2C(=O)C(=Cc3ccc(C(=O)NCc4ccc(Cl)cc4)cc3)NC2=S)cc1. The lowest BCUT2D eigenvalue weighted by Gasteiger charge is -2.13. The van der Waals surface area contributed by atoms with E-state index in [0.717, 1.165) is 16.7 Å². The third-order valence-electron chi connectivity index (χ3n) is 5.02. The normalized spacial score (nSPS) is 14.6. The Hall–Kier alpha value is -3.48. The number of carbonyl (C=O) groups excluding carboxylic acids is 2. The van der Waals surface area contributed by atoms with Crippen LogP contribution in [0.4, 0.5) is 5.69 Å². The first-order chi connectivity index (χ1) is 15.4. The molecule has 0 saturated carbocycles. The van der Waals surface area contributed by atoms with E-state index in [1.54, 1.807) is 42.5 Å². The van der Waals surface area contributed by atoms with Crippen LogP contribution in [0, 0.1) is 6.92 Å². The molecule has 1 aliphatic heterocycles. The van der Waals surface area contributed by atoms with Gasteiger partial charge in [0.15, 0.2) is 5.11 Å². The van der Waals surface area contributed by atoms with E-state index in [9.17, 15) is 9.59 Å². The zero-order valence-electron chi connectivity index (χ0n) is 17.3. The number of thiocarbonyl (C=S) groups is 1. The standard InChI is InChI=1S/C25H20ClN3O2S/c1-16-2-12-21(13-3-16)29-24(31)22(28-25(29)32)14-17-4-8-19(9-5-17)23(30)27-15-18-6-10-20(26)11-7-18/h2-14H,15H2,1H3,(H,27,30)(H,28,32). The van der Waals surface area contributed by atoms with Crippen molar-refractivity contribution in [3.63, 3.8) is 0 Å². The van der Waals surface area contributed by atoms with Crippen LogP contribution in [-0.4, -0.2) is 16.9 Å². The van der Waals surface area contributed by atoms with E-state index in [2.05, 4.69) is 10.6 Å². The predicted octanol–water partition coefficient (Wildman–Crippen LogP) is 4.84. The Morgan fingerprint density at radius 1 is 1.03 bits per heavy atom. The summed E-state index contributed by atoms with van der Waals surface area (Å²) in [5.41, 5.74) is 4.48. The molecular formula is C25H20ClN3O2S. The van der Waals surface area contributed by atoms with Crippen LogP contribution in [0.15, 0.2) is 78.5 Å². The van der Waals surface area contributed by atoms with Crippen LogP contribution in [0.2, 0.25) is 5.02 Å². The molecule has 1 aliphatic rings. The maximum Gasteiger partial charge on any atom is 0.281 e. The topological polar surface area (TPSA) is 61.4 Å². The molecule has 4 rings (SSSR count). The summed E-state index contributed by atoms with van der Waals surface area (Å²) in [5.74, 6) is -0.399. The number of nitrogens with one attached hydrogen (secondary N) is 2. The molecule has 7 heteroatoms. The molecule has 0 aromatic heterocycles. The van der Waals surface area contributed by atoms with Crippen LogP contribution in [-0.2, 0) is 11.3 Å². The third kappa shape index (κ3) is 4.88. The van der Waals surface area contributed by atoms with Gasteiger partial charge in [-0.2, -0.15) is 0 Å². The van der Waals surface area contributed by atoms with Crippen LogP contribution in [0.5, 0.6) is 0 Å². The van der Waals surface area contributed by atoms with E-state index in [4.69, 9.17) is 23.8 Å². The number of aryl methyl sites for hydroxylation is 1. The van der Waals surface area contributed by atoms with Gasteiger partial charge in [0, 0.05) is 17.1 Å². The second kappa shape index (κ2) is 9.34. The van der Waals surface area contributed by atoms with E-state index in [1.807, 2.05) is 43.3 Å². The number of halogens is 1. The quantitative estimate of drug-likeness (QED) is 0.421. The summed E-state index contributed by atoms with van der Waals surface area (Å²) in [6, 6.07) is 21.9. The Labute approximate surface area is 196 Å². The van der Waals surface area contributed by atoms with Gasteiger partial charge in [0.1, 0.15) is 5.70 Å². The van der Waals surface area contributed by atoms with Gasteiger partial charge in [-0.05, 0) is 72.7 Å². The molecule has 2 amide bonds. The fourth-order valence-electron chi connectivity index (χ4n) is 3.25. The molecule has 0 aliphatic carbocycles. The molecule has 0 unspecified atom stereocenters. The zero-order valence-corrected chi connectivity index (χ0v) is 18.8. The molecule has 0 radical (unpaired) electrons. The van der Waals surface area contributed by atoms with Crippen molar-refractivity contribution in [3.8, 4) is 0 Å². The van der Waals surface area contributed by atoms with Gasteiger partial charge in [-0.1, -0.05) is 53.6 Å². The molecule has 3 aromatic rings. The first-order valence-corrected chi connectivity index (χ1v) is 10.8. The molecule has 3 aromatic carbocycles. The molecule has 1 heterocycles. The highest BCUT2D eigenvalue weighted by Gasteiger charge is 2.31. The van der Waals surface area contributed by atoms with Crippen LogP contribution in [0.25, 0.3) is 6.08 Å². The van der Waals surface area contributed by atoms with Gasteiger partial charge in [0.2, 0.25) is 0 Å². The minimum atomic E-state index is -0.219. The lowest BCUT2D eigenvalue weighted by Crippen LogP contribution is -2.30. The highest BCUT2D eigenvalue weighted by Crippen LogP contribution is 2.23. The van der Waals surface area contributed by atoms with Crippen LogP contribution < -0.4 is 15.5 Å². The van der Waals surface area contributed by atoms with Crippen molar-refractivity contribution in [2.75, 3.05) is 4.90 Å². The van der Waals surface area contributed by atoms with E-state index in [0.29, 0.717) is 33.6 Å². The second-order valence-electron chi connectivity index (χ2n) is 7.40. The van der Waals surface area contributed by atoms with Crippen LogP contribution in [0.1, 0.15) is 27.0 Å². The number of hydrogen-bond donors (Lipinski definition) is 2. The molecule has 0 bridgehead atoms. The smallest absolute Gasteiger partial charge is 0.281 e. The van der Waals surface area contributed by atoms with Crippen molar-refractivity contribution in [3.05, 3.63) is 106 Å². The molecule has 32 heavy (non-hydrogen) atoms. The van der Waals surface area contributed by atoms with E-state index >= 15 is 0 Å². The van der Waals surface area contributed by atoms with Crippen molar-refractivity contribution >= 4 is 52.5 Å². The van der Waals surface area contributed by atoms with Gasteiger partial charge in [0.05, 0.1) is 5.69 Å². The number of hydrogen-bond acceptors (Lipinski definition) is 3. The fraction of sp³-hybridized carbons (Fsp3) is 0.0800. The average molecular weight is 462 g/mol. The van der Waals surface area contributed by atoms with E-state index in [1.165, 1.54) is 4.90 Å². The first-order valence-electron chi connectivity index (χ1n) is 9.97. The minimum absolute atomic E-state index is 0.180. The molecule has 0 atom stereocenters. The van der Waals surface area contributed by atoms with Gasteiger partial charge in [-0.3, -0.25) is 14.5 Å². The summed E-state index contributed by atoms with van der Waals surface area (Å²) in [6.45, 7) is 2.39. The highest BCUT2D eigenvalue weighted by molar-refractivity contribution is 7.80. The Morgan fingerprint density at radius 3 is 2.34 bits per heavy atom. The number of anilines is 1. The molecule has 0 spiro atoms. The van der Waals surface area contributed by atoms with Gasteiger partial charge in [-0.25, -0.2) is 0 Å². The number of benzene rings is 3. The molecule has 160 valence electrons. The monoisotopic (exact) mass is 461 g/mol. The average Bonchev–Trinajstić information content (AvgIpc) is 3.07. The van der Waals surface area contributed by atoms with E-state index in [-0.39, 0.29) is 11.8 Å². The summed E-state index contributed by atoms with van der Waals surface area (Å²) in [4.78, 5) is 26.7. The Kier molecular flexibility index (Phi) is 6.35. The van der Waals surface area contributed by atoms with E-state index < -0.39 is 0 Å². The van der Waals surface area contributed by atoms with Crippen molar-refractivity contribution in [2.45, 2.75) is 13.5 Å². The number of nitrogens with zero attached hydrogens (tertiary/aromatic N) is 1. The summed E-state index contributed by atoms with van der Waals surface area (Å²) < 4.78 is 0. The Morgan fingerprint density at radius 2 is 1.69 bits per heavy atom. The van der Waals surface area contributed by atoms with Crippen molar-refractivity contribution in [1.29, 1.82) is 0 Å². The van der Waals surface area contributed by atoms with Crippen molar-refractivity contribution in [2.24, 2.45) is 0 Å². The van der Waals surface area contributed by atoms with Gasteiger partial charge in [-0.15, -0.1) is 0 Å². The Balaban J connectivity index is 1.43. The third-order valence-corrected chi connectivity index (χ3v) is 5.56. The minimum Gasteiger partial charge on any atom is -0.348 e.